The van der Waals surface area contributed by atoms with Gasteiger partial charge in [0.25, 0.3) is 0 Å². The minimum atomic E-state index is -1.20. The third-order valence-electron chi connectivity index (χ3n) is 6.38. The van der Waals surface area contributed by atoms with Crippen molar-refractivity contribution in [2.24, 2.45) is 0 Å². The van der Waals surface area contributed by atoms with Gasteiger partial charge in [0, 0.05) is 17.9 Å². The summed E-state index contributed by atoms with van der Waals surface area (Å²) in [6, 6.07) is 25.7. The zero-order chi connectivity index (χ0) is 25.1. The van der Waals surface area contributed by atoms with Gasteiger partial charge < -0.3 is 24.3 Å². The minimum Gasteiger partial charge on any atom is -0.497 e. The maximum Gasteiger partial charge on any atom is 0.407 e. The first-order valence-corrected chi connectivity index (χ1v) is 11.6. The molecule has 1 aliphatic rings. The molecule has 0 spiro atoms. The van der Waals surface area contributed by atoms with Crippen LogP contribution < -0.4 is 10.1 Å². The number of nitrogens with one attached hydrogen (secondary N) is 1. The van der Waals surface area contributed by atoms with Gasteiger partial charge in [0.05, 0.1) is 7.11 Å². The largest absolute Gasteiger partial charge is 0.497 e. The Morgan fingerprint density at radius 1 is 0.917 bits per heavy atom. The van der Waals surface area contributed by atoms with Gasteiger partial charge in [-0.1, -0.05) is 48.5 Å². The van der Waals surface area contributed by atoms with Gasteiger partial charge in [0.2, 0.25) is 0 Å². The third-order valence-corrected chi connectivity index (χ3v) is 6.38. The molecule has 5 rings (SSSR count). The van der Waals surface area contributed by atoms with Gasteiger partial charge in [-0.05, 0) is 58.7 Å². The van der Waals surface area contributed by atoms with E-state index in [1.807, 2.05) is 60.7 Å². The maximum atomic E-state index is 12.6. The van der Waals surface area contributed by atoms with Gasteiger partial charge in [0.15, 0.2) is 0 Å². The molecule has 0 aliphatic heterocycles. The molecule has 182 valence electrons. The predicted octanol–water partition coefficient (Wildman–Crippen LogP) is 5.49. The predicted molar refractivity (Wildman–Crippen MR) is 134 cm³/mol. The van der Waals surface area contributed by atoms with Crippen LogP contribution in [0.5, 0.6) is 5.75 Å². The summed E-state index contributed by atoms with van der Waals surface area (Å²) in [5, 5.41) is 12.1. The number of amides is 1. The van der Waals surface area contributed by atoms with Gasteiger partial charge in [-0.15, -0.1) is 0 Å². The SMILES string of the molecule is COc1ccc(-c2ccc(CC(NC(=O)OCC3c4ccccc4-c4ccccc43)C(=O)O)o2)cc1. The minimum absolute atomic E-state index is 0.0182. The second-order valence-corrected chi connectivity index (χ2v) is 8.56. The molecule has 1 heterocycles. The van der Waals surface area contributed by atoms with Crippen molar-refractivity contribution in [1.82, 2.24) is 5.32 Å². The Morgan fingerprint density at radius 3 is 2.17 bits per heavy atom. The van der Waals surface area contributed by atoms with Crippen LogP contribution in [0.25, 0.3) is 22.5 Å². The van der Waals surface area contributed by atoms with Crippen LogP contribution in [0.2, 0.25) is 0 Å². The molecule has 0 saturated carbocycles. The van der Waals surface area contributed by atoms with E-state index in [-0.39, 0.29) is 18.9 Å². The van der Waals surface area contributed by atoms with E-state index in [1.54, 1.807) is 19.2 Å². The number of furan rings is 1. The third kappa shape index (κ3) is 4.68. The van der Waals surface area contributed by atoms with Gasteiger partial charge in [0.1, 0.15) is 29.9 Å². The monoisotopic (exact) mass is 483 g/mol. The van der Waals surface area contributed by atoms with E-state index < -0.39 is 18.1 Å². The van der Waals surface area contributed by atoms with Gasteiger partial charge >= 0.3 is 12.1 Å². The van der Waals surface area contributed by atoms with E-state index in [2.05, 4.69) is 17.4 Å². The van der Waals surface area contributed by atoms with E-state index in [0.717, 1.165) is 33.6 Å². The van der Waals surface area contributed by atoms with E-state index in [4.69, 9.17) is 13.9 Å². The molecule has 0 bridgehead atoms. The number of carbonyl (C=O) groups excluding carboxylic acids is 1. The van der Waals surface area contributed by atoms with Crippen molar-refractivity contribution in [1.29, 1.82) is 0 Å². The second kappa shape index (κ2) is 10.00. The molecule has 1 unspecified atom stereocenters. The Bertz CT molecular complexity index is 1350. The lowest BCUT2D eigenvalue weighted by Gasteiger charge is -2.17. The number of benzene rings is 3. The average molecular weight is 484 g/mol. The summed E-state index contributed by atoms with van der Waals surface area (Å²) in [7, 11) is 1.59. The highest BCUT2D eigenvalue weighted by Gasteiger charge is 2.30. The molecule has 3 aromatic carbocycles. The van der Waals surface area contributed by atoms with Crippen LogP contribution in [-0.2, 0) is 16.0 Å². The molecular formula is C29H25NO6. The van der Waals surface area contributed by atoms with Gasteiger partial charge in [-0.25, -0.2) is 9.59 Å². The Morgan fingerprint density at radius 2 is 1.56 bits per heavy atom. The molecule has 1 atom stereocenters. The smallest absolute Gasteiger partial charge is 0.407 e. The summed E-state index contributed by atoms with van der Waals surface area (Å²) in [5.41, 5.74) is 5.25. The molecule has 4 aromatic rings. The number of rotatable bonds is 8. The Balaban J connectivity index is 1.23. The summed E-state index contributed by atoms with van der Waals surface area (Å²) in [5.74, 6) is 0.475. The molecule has 2 N–H and O–H groups in total. The zero-order valence-electron chi connectivity index (χ0n) is 19.6. The number of carboxylic acid groups (broad SMARTS) is 1. The van der Waals surface area contributed by atoms with Crippen LogP contribution in [0.3, 0.4) is 0 Å². The van der Waals surface area contributed by atoms with Crippen molar-refractivity contribution in [3.63, 3.8) is 0 Å². The number of ether oxygens (including phenoxy) is 2. The van der Waals surface area contributed by atoms with Crippen LogP contribution in [0, 0.1) is 0 Å². The van der Waals surface area contributed by atoms with Crippen LogP contribution in [0.15, 0.2) is 89.3 Å². The van der Waals surface area contributed by atoms with Crippen molar-refractivity contribution < 1.29 is 28.6 Å². The van der Waals surface area contributed by atoms with Crippen LogP contribution >= 0.6 is 0 Å². The molecule has 0 radical (unpaired) electrons. The lowest BCUT2D eigenvalue weighted by atomic mass is 9.98. The van der Waals surface area contributed by atoms with E-state index in [1.165, 1.54) is 0 Å². The molecule has 1 aliphatic carbocycles. The molecule has 0 fully saturated rings. The van der Waals surface area contributed by atoms with Crippen molar-refractivity contribution in [3.8, 4) is 28.2 Å². The highest BCUT2D eigenvalue weighted by atomic mass is 16.5. The van der Waals surface area contributed by atoms with Crippen molar-refractivity contribution in [2.75, 3.05) is 13.7 Å². The van der Waals surface area contributed by atoms with E-state index in [0.29, 0.717) is 11.5 Å². The highest BCUT2D eigenvalue weighted by Crippen LogP contribution is 2.44. The molecule has 0 saturated heterocycles. The molecule has 7 heteroatoms. The first-order chi connectivity index (χ1) is 17.5. The van der Waals surface area contributed by atoms with Crippen LogP contribution in [0.1, 0.15) is 22.8 Å². The molecule has 1 amide bonds. The Labute approximate surface area is 208 Å². The number of carboxylic acids is 1. The fraction of sp³-hybridized carbons (Fsp3) is 0.172. The number of alkyl carbamates (subject to hydrolysis) is 1. The number of methoxy groups -OCH3 is 1. The summed E-state index contributed by atoms with van der Waals surface area (Å²) >= 11 is 0. The highest BCUT2D eigenvalue weighted by molar-refractivity contribution is 5.81. The van der Waals surface area contributed by atoms with Crippen LogP contribution in [0.4, 0.5) is 4.79 Å². The van der Waals surface area contributed by atoms with Crippen LogP contribution in [-0.4, -0.2) is 36.9 Å². The lowest BCUT2D eigenvalue weighted by molar-refractivity contribution is -0.139. The molecule has 7 nitrogen and oxygen atoms in total. The second-order valence-electron chi connectivity index (χ2n) is 8.56. The molecule has 1 aromatic heterocycles. The number of carbonyl (C=O) groups is 2. The standard InChI is InChI=1S/C29H25NO6/c1-34-19-12-10-18(11-13-19)27-15-14-20(36-27)16-26(28(31)32)30-29(33)35-17-25-23-8-4-2-6-21(23)22-7-3-5-9-24(22)25/h2-15,25-26H,16-17H2,1H3,(H,30,33)(H,31,32). The lowest BCUT2D eigenvalue weighted by Crippen LogP contribution is -2.42. The molecular weight excluding hydrogens is 458 g/mol. The summed E-state index contributed by atoms with van der Waals surface area (Å²) in [6.07, 6.45) is -0.804. The summed E-state index contributed by atoms with van der Waals surface area (Å²) in [4.78, 5) is 24.4. The first-order valence-electron chi connectivity index (χ1n) is 11.6. The summed E-state index contributed by atoms with van der Waals surface area (Å²) in [6.45, 7) is 0.106. The molecule has 36 heavy (non-hydrogen) atoms. The fourth-order valence-electron chi connectivity index (χ4n) is 4.58. The number of fused-ring (bicyclic) bond motifs is 3. The maximum absolute atomic E-state index is 12.6. The average Bonchev–Trinajstić information content (AvgIpc) is 3.50. The van der Waals surface area contributed by atoms with Gasteiger partial charge in [-0.2, -0.15) is 0 Å². The Hall–Kier alpha value is -4.52. The van der Waals surface area contributed by atoms with Crippen molar-refractivity contribution in [3.05, 3.63) is 102 Å². The first kappa shape index (κ1) is 23.2. The zero-order valence-corrected chi connectivity index (χ0v) is 19.6. The fourth-order valence-corrected chi connectivity index (χ4v) is 4.58. The number of hydrogen-bond donors (Lipinski definition) is 2. The van der Waals surface area contributed by atoms with Gasteiger partial charge in [-0.3, -0.25) is 0 Å². The number of hydrogen-bond acceptors (Lipinski definition) is 5. The number of aliphatic carboxylic acids is 1. The van der Waals surface area contributed by atoms with E-state index in [9.17, 15) is 14.7 Å². The summed E-state index contributed by atoms with van der Waals surface area (Å²) < 4.78 is 16.5. The van der Waals surface area contributed by atoms with Crippen molar-refractivity contribution in [2.45, 2.75) is 18.4 Å². The Kier molecular flexibility index (Phi) is 6.45. The van der Waals surface area contributed by atoms with E-state index >= 15 is 0 Å². The van der Waals surface area contributed by atoms with Crippen molar-refractivity contribution >= 4 is 12.1 Å². The quantitative estimate of drug-likeness (QED) is 0.344. The topological polar surface area (TPSA) is 98.0 Å². The normalized spacial score (nSPS) is 12.9.